The minimum Gasteiger partial charge on any atom is -0.283 e. The number of rotatable bonds is 2. The number of thioether (sulfide) groups is 1. The third kappa shape index (κ3) is 2.99. The highest BCUT2D eigenvalue weighted by Gasteiger charge is 2.24. The Morgan fingerprint density at radius 1 is 1.33 bits per heavy atom. The molecular weight excluding hydrogens is 300 g/mol. The molecule has 2 heterocycles. The zero-order valence-corrected chi connectivity index (χ0v) is 14.1. The van der Waals surface area contributed by atoms with Crippen molar-refractivity contribution in [1.29, 1.82) is 0 Å². The normalized spacial score (nSPS) is 17.4. The van der Waals surface area contributed by atoms with Crippen LogP contribution >= 0.6 is 23.1 Å². The Kier molecular flexibility index (Phi) is 3.80. The molecule has 0 radical (unpaired) electrons. The van der Waals surface area contributed by atoms with Crippen molar-refractivity contribution in [2.75, 3.05) is 12.8 Å². The first-order chi connectivity index (χ1) is 9.98. The van der Waals surface area contributed by atoms with Gasteiger partial charge in [-0.2, -0.15) is 0 Å². The molecule has 1 aromatic heterocycles. The Morgan fingerprint density at radius 2 is 2.05 bits per heavy atom. The second-order valence-electron chi connectivity index (χ2n) is 6.04. The van der Waals surface area contributed by atoms with E-state index in [9.17, 15) is 4.79 Å². The van der Waals surface area contributed by atoms with Crippen LogP contribution in [0.1, 0.15) is 19.4 Å². The summed E-state index contributed by atoms with van der Waals surface area (Å²) < 4.78 is 2.58. The average Bonchev–Trinajstić information content (AvgIpc) is 2.75. The lowest BCUT2D eigenvalue weighted by atomic mass is 9.93. The summed E-state index contributed by atoms with van der Waals surface area (Å²) in [6, 6.07) is 8.26. The Hall–Kier alpha value is -1.33. The van der Waals surface area contributed by atoms with Gasteiger partial charge in [0.15, 0.2) is 4.80 Å². The summed E-state index contributed by atoms with van der Waals surface area (Å²) in [6.07, 6.45) is 4.02. The quantitative estimate of drug-likeness (QED) is 0.795. The molecule has 0 fully saturated rings. The van der Waals surface area contributed by atoms with Crippen molar-refractivity contribution in [2.45, 2.75) is 25.3 Å². The number of benzene rings is 1. The van der Waals surface area contributed by atoms with Crippen molar-refractivity contribution in [3.8, 4) is 0 Å². The smallest absolute Gasteiger partial charge is 0.270 e. The minimum absolute atomic E-state index is 0.0647. The molecule has 0 saturated carbocycles. The molecule has 0 saturated heterocycles. The molecule has 0 N–H and O–H groups in total. The third-order valence-electron chi connectivity index (χ3n) is 3.53. The van der Waals surface area contributed by atoms with E-state index < -0.39 is 0 Å². The van der Waals surface area contributed by atoms with Gasteiger partial charge in [-0.25, -0.2) is 0 Å². The molecule has 110 valence electrons. The van der Waals surface area contributed by atoms with E-state index >= 15 is 0 Å². The van der Waals surface area contributed by atoms with Gasteiger partial charge in [-0.3, -0.25) is 14.4 Å². The second-order valence-corrected chi connectivity index (χ2v) is 7.93. The lowest BCUT2D eigenvalue weighted by molar-refractivity contribution is 0.287. The Bertz CT molecular complexity index is 829. The lowest BCUT2D eigenvalue weighted by Gasteiger charge is -2.25. The van der Waals surface area contributed by atoms with Gasteiger partial charge < -0.3 is 0 Å². The molecule has 0 spiro atoms. The van der Waals surface area contributed by atoms with Crippen LogP contribution in [0.15, 0.2) is 38.9 Å². The van der Waals surface area contributed by atoms with Crippen LogP contribution in [-0.4, -0.2) is 17.4 Å². The van der Waals surface area contributed by atoms with E-state index in [-0.39, 0.29) is 11.0 Å². The molecule has 0 amide bonds. The first kappa shape index (κ1) is 14.6. The number of thiazole rings is 1. The van der Waals surface area contributed by atoms with E-state index in [2.05, 4.69) is 49.4 Å². The maximum atomic E-state index is 12.5. The highest BCUT2D eigenvalue weighted by atomic mass is 32.2. The second kappa shape index (κ2) is 5.46. The van der Waals surface area contributed by atoms with Crippen LogP contribution in [0, 0.1) is 5.41 Å². The predicted molar refractivity (Wildman–Crippen MR) is 89.8 cm³/mol. The van der Waals surface area contributed by atoms with Crippen LogP contribution in [0.5, 0.6) is 0 Å². The molecule has 5 heteroatoms. The fraction of sp³-hybridized carbons (Fsp3) is 0.375. The van der Waals surface area contributed by atoms with Gasteiger partial charge in [-0.15, -0.1) is 11.8 Å². The van der Waals surface area contributed by atoms with Gasteiger partial charge in [-0.1, -0.05) is 37.3 Å². The molecule has 1 aromatic carbocycles. The largest absolute Gasteiger partial charge is 0.283 e. The maximum Gasteiger partial charge on any atom is 0.270 e. The van der Waals surface area contributed by atoms with Gasteiger partial charge in [0.1, 0.15) is 0 Å². The summed E-state index contributed by atoms with van der Waals surface area (Å²) in [7, 11) is 0. The topological polar surface area (TPSA) is 34.4 Å². The summed E-state index contributed by atoms with van der Waals surface area (Å²) >= 11 is 3.21. The number of fused-ring (bicyclic) bond motifs is 1. The standard InChI is InChI=1S/C16H18N2OS2/c1-16(2)9-17-15-18(10-16)14(19)13(21-15)8-11-4-6-12(20-3)7-5-11/h4-8H,9-10H2,1-3H3/b13-8+. The van der Waals surface area contributed by atoms with Gasteiger partial charge >= 0.3 is 0 Å². The molecule has 3 nitrogen and oxygen atoms in total. The first-order valence-corrected chi connectivity index (χ1v) is 8.93. The van der Waals surface area contributed by atoms with Crippen LogP contribution in [0.2, 0.25) is 0 Å². The average molecular weight is 318 g/mol. The molecule has 0 aliphatic carbocycles. The zero-order chi connectivity index (χ0) is 15.0. The van der Waals surface area contributed by atoms with Gasteiger partial charge in [0.05, 0.1) is 4.53 Å². The maximum absolute atomic E-state index is 12.5. The molecule has 1 aliphatic heterocycles. The van der Waals surface area contributed by atoms with Gasteiger partial charge in [0.2, 0.25) is 0 Å². The van der Waals surface area contributed by atoms with Crippen LogP contribution in [0.25, 0.3) is 6.08 Å². The third-order valence-corrected chi connectivity index (χ3v) is 5.32. The molecule has 2 aromatic rings. The van der Waals surface area contributed by atoms with E-state index in [4.69, 9.17) is 0 Å². The lowest BCUT2D eigenvalue weighted by Crippen LogP contribution is -2.41. The van der Waals surface area contributed by atoms with E-state index in [1.807, 2.05) is 10.6 Å². The SMILES string of the molecule is CSc1ccc(/C=c2/sc3n(c2=O)CC(C)(C)CN=3)cc1. The fourth-order valence-electron chi connectivity index (χ4n) is 2.38. The van der Waals surface area contributed by atoms with Crippen molar-refractivity contribution in [1.82, 2.24) is 4.57 Å². The van der Waals surface area contributed by atoms with Crippen molar-refractivity contribution < 1.29 is 0 Å². The monoisotopic (exact) mass is 318 g/mol. The van der Waals surface area contributed by atoms with E-state index in [1.165, 1.54) is 16.2 Å². The van der Waals surface area contributed by atoms with Crippen molar-refractivity contribution in [3.63, 3.8) is 0 Å². The van der Waals surface area contributed by atoms with E-state index in [0.29, 0.717) is 0 Å². The highest BCUT2D eigenvalue weighted by Crippen LogP contribution is 2.19. The molecular formula is C16H18N2OS2. The fourth-order valence-corrected chi connectivity index (χ4v) is 3.76. The molecule has 0 atom stereocenters. The molecule has 3 rings (SSSR count). The van der Waals surface area contributed by atoms with Gasteiger partial charge in [0.25, 0.3) is 5.56 Å². The van der Waals surface area contributed by atoms with Crippen molar-refractivity contribution >= 4 is 29.2 Å². The number of hydrogen-bond donors (Lipinski definition) is 0. The van der Waals surface area contributed by atoms with E-state index in [1.54, 1.807) is 11.8 Å². The van der Waals surface area contributed by atoms with Crippen molar-refractivity contribution in [3.05, 3.63) is 49.5 Å². The van der Waals surface area contributed by atoms with Crippen LogP contribution in [-0.2, 0) is 6.54 Å². The summed E-state index contributed by atoms with van der Waals surface area (Å²) in [4.78, 5) is 19.1. The number of aromatic nitrogens is 1. The van der Waals surface area contributed by atoms with Gasteiger partial charge in [-0.05, 0) is 30.0 Å². The van der Waals surface area contributed by atoms with Crippen molar-refractivity contribution in [2.24, 2.45) is 10.4 Å². The summed E-state index contributed by atoms with van der Waals surface area (Å²) in [5, 5.41) is 0. The number of nitrogens with zero attached hydrogens (tertiary/aromatic N) is 2. The zero-order valence-electron chi connectivity index (χ0n) is 12.4. The first-order valence-electron chi connectivity index (χ1n) is 6.88. The molecule has 0 bridgehead atoms. The summed E-state index contributed by atoms with van der Waals surface area (Å²) in [5.74, 6) is 0. The minimum atomic E-state index is 0.0647. The Morgan fingerprint density at radius 3 is 2.71 bits per heavy atom. The Labute approximate surface area is 132 Å². The van der Waals surface area contributed by atoms with Gasteiger partial charge in [0, 0.05) is 23.4 Å². The highest BCUT2D eigenvalue weighted by molar-refractivity contribution is 7.98. The van der Waals surface area contributed by atoms with Crippen LogP contribution < -0.4 is 14.9 Å². The number of hydrogen-bond acceptors (Lipinski definition) is 4. The summed E-state index contributed by atoms with van der Waals surface area (Å²) in [6.45, 7) is 5.83. The van der Waals surface area contributed by atoms with Crippen LogP contribution in [0.4, 0.5) is 0 Å². The van der Waals surface area contributed by atoms with Crippen LogP contribution in [0.3, 0.4) is 0 Å². The van der Waals surface area contributed by atoms with E-state index in [0.717, 1.165) is 28.0 Å². The molecule has 1 aliphatic rings. The molecule has 0 unspecified atom stereocenters. The summed E-state index contributed by atoms with van der Waals surface area (Å²) in [5.41, 5.74) is 1.21. The molecule has 21 heavy (non-hydrogen) atoms. The predicted octanol–water partition coefficient (Wildman–Crippen LogP) is 2.12. The Balaban J connectivity index is 2.06.